The number of hydrogen-bond donors (Lipinski definition) is 4. The Morgan fingerprint density at radius 1 is 0.773 bits per heavy atom. The van der Waals surface area contributed by atoms with E-state index in [2.05, 4.69) is 144 Å². The third-order valence-corrected chi connectivity index (χ3v) is 1.71. The fourth-order valence-corrected chi connectivity index (χ4v) is 0. The minimum atomic E-state index is 0.0833. The third-order valence-electron chi connectivity index (χ3n) is 0.289. The summed E-state index contributed by atoms with van der Waals surface area (Å²) < 4.78 is 0.333. The molecule has 0 heterocycles. The molecule has 0 radical (unpaired) electrons. The Bertz CT molecular complexity index is 215. The first-order chi connectivity index (χ1) is 9.84. The molecule has 0 amide bonds. The maximum absolute atomic E-state index is 4.66. The molecule has 0 aliphatic heterocycles. The first-order valence-electron chi connectivity index (χ1n) is 4.36. The van der Waals surface area contributed by atoms with E-state index in [1.807, 2.05) is 0 Å². The second kappa shape index (κ2) is 43.5. The fraction of sp³-hybridized carbons (Fsp3) is 0.429. The molecule has 0 spiro atoms. The summed E-state index contributed by atoms with van der Waals surface area (Å²) in [6.45, 7) is 2.24. The van der Waals surface area contributed by atoms with Crippen molar-refractivity contribution < 1.29 is 36.6 Å². The van der Waals surface area contributed by atoms with Crippen LogP contribution in [0.5, 0.6) is 0 Å². The van der Waals surface area contributed by atoms with E-state index in [9.17, 15) is 0 Å². The van der Waals surface area contributed by atoms with Crippen LogP contribution >= 0.6 is 58.7 Å². The summed E-state index contributed by atoms with van der Waals surface area (Å²) >= 11 is 35.1. The van der Waals surface area contributed by atoms with E-state index in [4.69, 9.17) is 0 Å². The summed E-state index contributed by atoms with van der Waals surface area (Å²) in [5.41, 5.74) is 18.6. The quantitative estimate of drug-likeness (QED) is 0.189. The molecule has 0 unspecified atom stereocenters. The van der Waals surface area contributed by atoms with Crippen molar-refractivity contribution in [3.63, 3.8) is 0 Å². The van der Waals surface area contributed by atoms with Crippen LogP contribution in [0.2, 0.25) is 10.1 Å². The van der Waals surface area contributed by atoms with Gasteiger partial charge in [0.15, 0.2) is 0 Å². The molecule has 4 nitrogen and oxygen atoms in total. The van der Waals surface area contributed by atoms with Gasteiger partial charge < -0.3 is 122 Å². The van der Waals surface area contributed by atoms with E-state index in [1.54, 1.807) is 0 Å². The summed E-state index contributed by atoms with van der Waals surface area (Å²) in [5.74, 6) is 0. The van der Waals surface area contributed by atoms with Crippen molar-refractivity contribution in [2.75, 3.05) is 0 Å². The van der Waals surface area contributed by atoms with Gasteiger partial charge in [-0.2, -0.15) is 0 Å². The Morgan fingerprint density at radius 3 is 0.818 bits per heavy atom. The molecule has 0 aromatic rings. The Labute approximate surface area is 200 Å². The number of hydrogen-bond acceptors (Lipinski definition) is 9. The monoisotopic (exact) mass is 640 g/mol. The first kappa shape index (κ1) is 39.2. The molecule has 0 saturated carbocycles. The molecule has 0 aromatic heterocycles. The zero-order valence-electron chi connectivity index (χ0n) is 11.5. The second-order valence-corrected chi connectivity index (χ2v) is 9.24. The molecule has 22 heavy (non-hydrogen) atoms. The summed E-state index contributed by atoms with van der Waals surface area (Å²) in [5, 5.41) is 2.31. The average molecular weight is 637 g/mol. The van der Waals surface area contributed by atoms with E-state index in [0.717, 1.165) is 0 Å². The molecular formula is C7H16Mo2N4S9. The summed E-state index contributed by atoms with van der Waals surface area (Å²) in [7, 11) is 4.09. The van der Waals surface area contributed by atoms with E-state index < -0.39 is 0 Å². The van der Waals surface area contributed by atoms with Gasteiger partial charge in [0, 0.05) is 0 Å². The van der Waals surface area contributed by atoms with Gasteiger partial charge in [0.05, 0.1) is 0 Å². The Balaban J connectivity index is -0.0000000353. The van der Waals surface area contributed by atoms with Crippen molar-refractivity contribution >= 4 is 126 Å². The van der Waals surface area contributed by atoms with Crippen molar-refractivity contribution in [1.82, 2.24) is 0 Å². The number of rotatable bonds is 1. The van der Waals surface area contributed by atoms with Crippen molar-refractivity contribution in [3.05, 3.63) is 0 Å². The van der Waals surface area contributed by atoms with Crippen molar-refractivity contribution in [2.45, 2.75) is 17.0 Å². The zero-order chi connectivity index (χ0) is 19.7. The average Bonchev–Trinajstić information content (AvgIpc) is 2.28. The fourth-order valence-electron chi connectivity index (χ4n) is 0. The Hall–Kier alpha value is 2.04. The molecule has 0 rings (SSSR count). The molecular weight excluding hydrogens is 621 g/mol. The number of nitrogens with two attached hydrogens (primary N) is 4. The molecule has 0 fully saturated rings. The van der Waals surface area contributed by atoms with Gasteiger partial charge in [-0.05, 0) is 0 Å². The third kappa shape index (κ3) is 1060. The van der Waals surface area contributed by atoms with Crippen LogP contribution < -0.4 is 22.9 Å². The summed E-state index contributed by atoms with van der Waals surface area (Å²) in [6, 6.07) is 0. The topological polar surface area (TPSA) is 104 Å². The molecule has 8 N–H and O–H groups in total. The van der Waals surface area contributed by atoms with Crippen LogP contribution in [-0.4, -0.2) is 17.3 Å². The molecule has 0 aliphatic rings. The van der Waals surface area contributed by atoms with Gasteiger partial charge in [0.1, 0.15) is 0 Å². The summed E-state index contributed by atoms with van der Waals surface area (Å²) in [4.78, 5) is 1.45. The Kier molecular flexibility index (Phi) is 77.5. The van der Waals surface area contributed by atoms with Crippen LogP contribution in [0.4, 0.5) is 0 Å². The van der Waals surface area contributed by atoms with Crippen molar-refractivity contribution in [2.24, 2.45) is 22.9 Å². The standard InChI is InChI=1S/C2H5.4CH3NS2.CH3.2Mo.S/c1-2;4*2-1(3)4;;;;/h1H2,2H3;4*(H3,2,3,4);1H3;;;/q;;;;;;2*+2;/p-4. The van der Waals surface area contributed by atoms with Crippen molar-refractivity contribution in [3.8, 4) is 0 Å². The molecule has 0 bridgehead atoms. The van der Waals surface area contributed by atoms with Crippen LogP contribution in [0.25, 0.3) is 0 Å². The molecule has 0 saturated heterocycles. The van der Waals surface area contributed by atoms with E-state index in [0.29, 0.717) is 18.6 Å². The normalized spacial score (nSPS) is 5.68. The number of thiocarbonyl (C=S) groups is 4. The zero-order valence-corrected chi connectivity index (χ0v) is 22.9. The van der Waals surface area contributed by atoms with Gasteiger partial charge in [-0.1, -0.05) is 17.3 Å². The van der Waals surface area contributed by atoms with Gasteiger partial charge in [-0.15, -0.1) is 0 Å². The van der Waals surface area contributed by atoms with Crippen LogP contribution in [0.3, 0.4) is 0 Å². The second-order valence-electron chi connectivity index (χ2n) is 1.85. The van der Waals surface area contributed by atoms with Gasteiger partial charge >= 0.3 is 63.4 Å². The predicted octanol–water partition coefficient (Wildman–Crippen LogP) is 1.31. The summed E-state index contributed by atoms with van der Waals surface area (Å²) in [6.07, 6.45) is 0. The molecule has 0 aromatic carbocycles. The SMILES string of the molecule is C[CH2][Mo+2][CH3].NC(=S)[S-].NC(=S)[S-].NC(=S)[S-].NC(=S)[S-].[S]=[Mo+2]. The van der Waals surface area contributed by atoms with Gasteiger partial charge in [0.2, 0.25) is 0 Å². The van der Waals surface area contributed by atoms with Crippen LogP contribution in [0.15, 0.2) is 0 Å². The van der Waals surface area contributed by atoms with Crippen molar-refractivity contribution in [1.29, 1.82) is 0 Å². The van der Waals surface area contributed by atoms with Crippen LogP contribution in [-0.2, 0) is 87.1 Å². The van der Waals surface area contributed by atoms with Gasteiger partial charge in [-0.3, -0.25) is 0 Å². The first-order valence-corrected chi connectivity index (χ1v) is 13.8. The molecule has 130 valence electrons. The van der Waals surface area contributed by atoms with Crippen LogP contribution in [0, 0.1) is 0 Å². The van der Waals surface area contributed by atoms with E-state index >= 15 is 0 Å². The van der Waals surface area contributed by atoms with E-state index in [1.165, 1.54) is 22.8 Å². The maximum atomic E-state index is 4.66. The Morgan fingerprint density at radius 2 is 0.818 bits per heavy atom. The molecule has 0 atom stereocenters. The van der Waals surface area contributed by atoms with Crippen LogP contribution in [0.1, 0.15) is 6.92 Å². The van der Waals surface area contributed by atoms with E-state index in [-0.39, 0.29) is 17.3 Å². The molecule has 15 heteroatoms. The predicted molar refractivity (Wildman–Crippen MR) is 121 cm³/mol. The van der Waals surface area contributed by atoms with Gasteiger partial charge in [-0.25, -0.2) is 0 Å². The minimum absolute atomic E-state index is 0.0833. The van der Waals surface area contributed by atoms with Gasteiger partial charge in [0.25, 0.3) is 0 Å². The molecule has 0 aliphatic carbocycles.